The first-order valence-electron chi connectivity index (χ1n) is 6.52. The first-order chi connectivity index (χ1) is 10.7. The van der Waals surface area contributed by atoms with Crippen molar-refractivity contribution in [3.8, 4) is 17.1 Å². The van der Waals surface area contributed by atoms with Gasteiger partial charge < -0.3 is 4.74 Å². The Morgan fingerprint density at radius 1 is 1.18 bits per heavy atom. The molecule has 0 aliphatic rings. The van der Waals surface area contributed by atoms with Crippen molar-refractivity contribution >= 4 is 15.9 Å². The minimum absolute atomic E-state index is 0.214. The van der Waals surface area contributed by atoms with E-state index in [9.17, 15) is 4.39 Å². The van der Waals surface area contributed by atoms with Crippen molar-refractivity contribution in [1.29, 1.82) is 0 Å². The van der Waals surface area contributed by atoms with Crippen LogP contribution in [0.3, 0.4) is 0 Å². The predicted octanol–water partition coefficient (Wildman–Crippen LogP) is 3.30. The summed E-state index contributed by atoms with van der Waals surface area (Å²) < 4.78 is 19.5. The molecule has 7 heteroatoms. The number of tetrazole rings is 1. The molecule has 0 N–H and O–H groups in total. The summed E-state index contributed by atoms with van der Waals surface area (Å²) in [4.78, 5) is 1.43. The first kappa shape index (κ1) is 14.6. The molecule has 3 rings (SSSR count). The highest BCUT2D eigenvalue weighted by molar-refractivity contribution is 9.10. The van der Waals surface area contributed by atoms with Crippen LogP contribution in [0.5, 0.6) is 5.75 Å². The molecule has 22 heavy (non-hydrogen) atoms. The molecule has 0 unspecified atom stereocenters. The fourth-order valence-electron chi connectivity index (χ4n) is 2.00. The maximum atomic E-state index is 13.7. The zero-order chi connectivity index (χ0) is 15.5. The SMILES string of the molecule is COc1ccc(Cn2nnc(-c3ccc(Br)cc3)n2)cc1F. The molecule has 1 heterocycles. The molecular formula is C15H12BrFN4O. The Morgan fingerprint density at radius 2 is 1.95 bits per heavy atom. The first-order valence-corrected chi connectivity index (χ1v) is 7.31. The molecule has 0 saturated carbocycles. The summed E-state index contributed by atoms with van der Waals surface area (Å²) in [5, 5.41) is 12.3. The smallest absolute Gasteiger partial charge is 0.204 e. The van der Waals surface area contributed by atoms with E-state index in [0.29, 0.717) is 12.4 Å². The zero-order valence-corrected chi connectivity index (χ0v) is 13.3. The van der Waals surface area contributed by atoms with Gasteiger partial charge in [0.25, 0.3) is 0 Å². The highest BCUT2D eigenvalue weighted by atomic mass is 79.9. The Balaban J connectivity index is 1.79. The van der Waals surface area contributed by atoms with E-state index in [-0.39, 0.29) is 5.75 Å². The van der Waals surface area contributed by atoms with E-state index in [1.165, 1.54) is 18.0 Å². The van der Waals surface area contributed by atoms with Crippen LogP contribution in [0.4, 0.5) is 4.39 Å². The zero-order valence-electron chi connectivity index (χ0n) is 11.7. The molecule has 0 aliphatic carbocycles. The average Bonchev–Trinajstić information content (AvgIpc) is 2.97. The molecule has 0 atom stereocenters. The summed E-state index contributed by atoms with van der Waals surface area (Å²) >= 11 is 3.38. The van der Waals surface area contributed by atoms with Crippen molar-refractivity contribution in [2.24, 2.45) is 0 Å². The summed E-state index contributed by atoms with van der Waals surface area (Å²) in [7, 11) is 1.43. The van der Waals surface area contributed by atoms with Gasteiger partial charge in [0.05, 0.1) is 13.7 Å². The normalized spacial score (nSPS) is 10.7. The Labute approximate surface area is 134 Å². The molecule has 0 saturated heterocycles. The van der Waals surface area contributed by atoms with Crippen LogP contribution in [-0.2, 0) is 6.54 Å². The minimum atomic E-state index is -0.409. The van der Waals surface area contributed by atoms with Crippen LogP contribution in [-0.4, -0.2) is 27.3 Å². The summed E-state index contributed by atoms with van der Waals surface area (Å²) in [6.45, 7) is 0.338. The van der Waals surface area contributed by atoms with Crippen molar-refractivity contribution in [2.75, 3.05) is 7.11 Å². The third kappa shape index (κ3) is 3.14. The Hall–Kier alpha value is -2.28. The summed E-state index contributed by atoms with van der Waals surface area (Å²) in [6.07, 6.45) is 0. The number of hydrogen-bond acceptors (Lipinski definition) is 4. The lowest BCUT2D eigenvalue weighted by Crippen LogP contribution is -2.04. The fourth-order valence-corrected chi connectivity index (χ4v) is 2.26. The number of rotatable bonds is 4. The number of benzene rings is 2. The van der Waals surface area contributed by atoms with Crippen molar-refractivity contribution in [2.45, 2.75) is 6.54 Å². The molecule has 0 aliphatic heterocycles. The molecule has 2 aromatic carbocycles. The summed E-state index contributed by atoms with van der Waals surface area (Å²) in [5.41, 5.74) is 1.61. The lowest BCUT2D eigenvalue weighted by Gasteiger charge is -2.04. The van der Waals surface area contributed by atoms with E-state index < -0.39 is 5.82 Å². The van der Waals surface area contributed by atoms with Crippen LogP contribution in [0, 0.1) is 5.82 Å². The summed E-state index contributed by atoms with van der Waals surface area (Å²) in [5.74, 6) is 0.334. The van der Waals surface area contributed by atoms with Gasteiger partial charge in [-0.3, -0.25) is 0 Å². The summed E-state index contributed by atoms with van der Waals surface area (Å²) in [6, 6.07) is 12.4. The number of hydrogen-bond donors (Lipinski definition) is 0. The van der Waals surface area contributed by atoms with Crippen LogP contribution in [0.1, 0.15) is 5.56 Å². The van der Waals surface area contributed by atoms with Crippen LogP contribution in [0.25, 0.3) is 11.4 Å². The van der Waals surface area contributed by atoms with Crippen LogP contribution < -0.4 is 4.74 Å². The Morgan fingerprint density at radius 3 is 2.64 bits per heavy atom. The third-order valence-corrected chi connectivity index (χ3v) is 3.62. The van der Waals surface area contributed by atoms with Gasteiger partial charge in [-0.15, -0.1) is 10.2 Å². The van der Waals surface area contributed by atoms with E-state index in [0.717, 1.165) is 15.6 Å². The standard InChI is InChI=1S/C15H12BrFN4O/c1-22-14-7-2-10(8-13(14)17)9-21-19-15(18-20-21)11-3-5-12(16)6-4-11/h2-8H,9H2,1H3. The number of ether oxygens (including phenoxy) is 1. The Bertz CT molecular complexity index is 788. The predicted molar refractivity (Wildman–Crippen MR) is 83.0 cm³/mol. The molecule has 112 valence electrons. The number of aromatic nitrogens is 4. The highest BCUT2D eigenvalue weighted by Crippen LogP contribution is 2.19. The second-order valence-electron chi connectivity index (χ2n) is 4.62. The lowest BCUT2D eigenvalue weighted by molar-refractivity contribution is 0.386. The van der Waals surface area contributed by atoms with Crippen LogP contribution >= 0.6 is 15.9 Å². The number of nitrogens with zero attached hydrogens (tertiary/aromatic N) is 4. The third-order valence-electron chi connectivity index (χ3n) is 3.10. The van der Waals surface area contributed by atoms with Gasteiger partial charge in [-0.05, 0) is 47.2 Å². The van der Waals surface area contributed by atoms with Gasteiger partial charge in [-0.2, -0.15) is 4.80 Å². The maximum absolute atomic E-state index is 13.7. The average molecular weight is 363 g/mol. The quantitative estimate of drug-likeness (QED) is 0.714. The highest BCUT2D eigenvalue weighted by Gasteiger charge is 2.08. The molecule has 0 spiro atoms. The van der Waals surface area contributed by atoms with E-state index in [1.807, 2.05) is 24.3 Å². The largest absolute Gasteiger partial charge is 0.494 e. The monoisotopic (exact) mass is 362 g/mol. The van der Waals surface area contributed by atoms with E-state index in [4.69, 9.17) is 4.74 Å². The van der Waals surface area contributed by atoms with Gasteiger partial charge in [0, 0.05) is 10.0 Å². The molecule has 0 fully saturated rings. The van der Waals surface area contributed by atoms with Crippen LogP contribution in [0.15, 0.2) is 46.9 Å². The van der Waals surface area contributed by atoms with Gasteiger partial charge in [0.15, 0.2) is 11.6 Å². The Kier molecular flexibility index (Phi) is 4.15. The topological polar surface area (TPSA) is 52.8 Å². The number of methoxy groups -OCH3 is 1. The van der Waals surface area contributed by atoms with Gasteiger partial charge in [0.2, 0.25) is 5.82 Å². The van der Waals surface area contributed by atoms with E-state index in [1.54, 1.807) is 12.1 Å². The minimum Gasteiger partial charge on any atom is -0.494 e. The van der Waals surface area contributed by atoms with Gasteiger partial charge in [-0.25, -0.2) is 4.39 Å². The second-order valence-corrected chi connectivity index (χ2v) is 5.53. The van der Waals surface area contributed by atoms with Crippen molar-refractivity contribution in [3.05, 3.63) is 58.3 Å². The molecule has 3 aromatic rings. The fraction of sp³-hybridized carbons (Fsp3) is 0.133. The molecule has 0 bridgehead atoms. The molecular weight excluding hydrogens is 351 g/mol. The molecule has 1 aromatic heterocycles. The molecule has 0 radical (unpaired) electrons. The number of halogens is 2. The molecule has 5 nitrogen and oxygen atoms in total. The maximum Gasteiger partial charge on any atom is 0.204 e. The second kappa shape index (κ2) is 6.23. The van der Waals surface area contributed by atoms with Gasteiger partial charge in [0.1, 0.15) is 0 Å². The van der Waals surface area contributed by atoms with E-state index in [2.05, 4.69) is 31.3 Å². The molecule has 0 amide bonds. The van der Waals surface area contributed by atoms with E-state index >= 15 is 0 Å². The van der Waals surface area contributed by atoms with Gasteiger partial charge in [-0.1, -0.05) is 22.0 Å². The lowest BCUT2D eigenvalue weighted by atomic mass is 10.2. The van der Waals surface area contributed by atoms with Crippen molar-refractivity contribution < 1.29 is 9.13 Å². The van der Waals surface area contributed by atoms with Crippen LogP contribution in [0.2, 0.25) is 0 Å². The van der Waals surface area contributed by atoms with Gasteiger partial charge >= 0.3 is 0 Å². The van der Waals surface area contributed by atoms with Crippen molar-refractivity contribution in [1.82, 2.24) is 20.2 Å². The van der Waals surface area contributed by atoms with Crippen molar-refractivity contribution in [3.63, 3.8) is 0 Å².